The van der Waals surface area contributed by atoms with Crippen molar-refractivity contribution in [1.82, 2.24) is 4.98 Å². The van der Waals surface area contributed by atoms with E-state index in [1.54, 1.807) is 29.8 Å². The Morgan fingerprint density at radius 1 is 1.25 bits per heavy atom. The number of hydrogen-bond donors (Lipinski definition) is 0. The first-order valence-corrected chi connectivity index (χ1v) is 4.90. The number of benzene rings is 1. The van der Waals surface area contributed by atoms with E-state index in [1.807, 2.05) is 0 Å². The Kier molecular flexibility index (Phi) is 2.91. The Bertz CT molecular complexity index is 553. The van der Waals surface area contributed by atoms with Crippen molar-refractivity contribution in [3.8, 4) is 0 Å². The average molecular weight is 238 g/mol. The van der Waals surface area contributed by atoms with Crippen molar-refractivity contribution in [3.63, 3.8) is 0 Å². The molecule has 0 atom stereocenters. The first-order chi connectivity index (χ1) is 7.39. The number of pyridine rings is 1. The molecule has 16 heavy (non-hydrogen) atoms. The molecule has 0 aliphatic heterocycles. The standard InChI is InChI=1S/C10H4ClF3N.Li/c11-7-2-1-3-8-6(7)4-5-9(15-8)10(12,13)14;/h1-3,5H;. The van der Waals surface area contributed by atoms with Gasteiger partial charge in [-0.2, -0.15) is 0 Å². The summed E-state index contributed by atoms with van der Waals surface area (Å²) in [5.41, 5.74) is -0.625. The van der Waals surface area contributed by atoms with Gasteiger partial charge in [0.25, 0.3) is 0 Å². The van der Waals surface area contributed by atoms with Crippen molar-refractivity contribution >= 4 is 44.5 Å². The van der Waals surface area contributed by atoms with E-state index in [0.29, 0.717) is 14.6 Å². The average Bonchev–Trinajstić information content (AvgIpc) is 2.15. The SMILES string of the molecule is [Li][c]1cc(C(F)(F)F)nc2cccc(Cl)c12. The Hall–Kier alpha value is -0.693. The first kappa shape index (κ1) is 11.8. The van der Waals surface area contributed by atoms with Gasteiger partial charge in [-0.25, -0.2) is 0 Å². The molecule has 0 fully saturated rings. The van der Waals surface area contributed by atoms with Crippen molar-refractivity contribution in [2.24, 2.45) is 0 Å². The Morgan fingerprint density at radius 3 is 2.56 bits per heavy atom. The van der Waals surface area contributed by atoms with Crippen LogP contribution < -0.4 is 4.24 Å². The van der Waals surface area contributed by atoms with Crippen LogP contribution in [-0.2, 0) is 6.18 Å². The second-order valence-corrected chi connectivity index (χ2v) is 3.86. The molecular formula is C10H4ClF3LiN. The zero-order chi connectivity index (χ0) is 11.9. The summed E-state index contributed by atoms with van der Waals surface area (Å²) in [5.74, 6) is 0. The summed E-state index contributed by atoms with van der Waals surface area (Å²) in [6, 6.07) is 5.74. The van der Waals surface area contributed by atoms with E-state index < -0.39 is 11.9 Å². The van der Waals surface area contributed by atoms with Gasteiger partial charge < -0.3 is 0 Å². The quantitative estimate of drug-likeness (QED) is 0.642. The van der Waals surface area contributed by atoms with Gasteiger partial charge in [0, 0.05) is 0 Å². The van der Waals surface area contributed by atoms with E-state index in [2.05, 4.69) is 4.98 Å². The van der Waals surface area contributed by atoms with Gasteiger partial charge in [-0.3, -0.25) is 0 Å². The van der Waals surface area contributed by atoms with Crippen LogP contribution in [0.1, 0.15) is 5.69 Å². The minimum absolute atomic E-state index is 0.264. The third kappa shape index (κ3) is 2.06. The molecule has 6 heteroatoms. The molecule has 0 saturated heterocycles. The third-order valence-corrected chi connectivity index (χ3v) is 2.59. The molecule has 0 amide bonds. The van der Waals surface area contributed by atoms with Gasteiger partial charge in [0.15, 0.2) is 0 Å². The van der Waals surface area contributed by atoms with Gasteiger partial charge in [0.05, 0.1) is 0 Å². The number of rotatable bonds is 0. The maximum absolute atomic E-state index is 12.5. The summed E-state index contributed by atoms with van der Waals surface area (Å²) < 4.78 is 38.0. The first-order valence-electron chi connectivity index (χ1n) is 4.52. The fourth-order valence-corrected chi connectivity index (χ4v) is 1.90. The van der Waals surface area contributed by atoms with E-state index in [9.17, 15) is 13.2 Å². The molecule has 0 saturated carbocycles. The van der Waals surface area contributed by atoms with Crippen LogP contribution in [0, 0.1) is 0 Å². The van der Waals surface area contributed by atoms with Crippen molar-refractivity contribution in [3.05, 3.63) is 35.0 Å². The molecule has 2 aromatic rings. The molecule has 0 bridgehead atoms. The molecule has 0 spiro atoms. The number of halogens is 4. The Morgan fingerprint density at radius 2 is 1.94 bits per heavy atom. The molecule has 1 aromatic carbocycles. The van der Waals surface area contributed by atoms with Gasteiger partial charge in [-0.1, -0.05) is 0 Å². The van der Waals surface area contributed by atoms with Gasteiger partial charge >= 0.3 is 104 Å². The van der Waals surface area contributed by atoms with Crippen molar-refractivity contribution < 1.29 is 13.2 Å². The molecule has 0 aliphatic rings. The van der Waals surface area contributed by atoms with E-state index in [0.717, 1.165) is 6.07 Å². The van der Waals surface area contributed by atoms with E-state index in [-0.39, 0.29) is 5.52 Å². The second-order valence-electron chi connectivity index (χ2n) is 3.46. The number of hydrogen-bond acceptors (Lipinski definition) is 1. The van der Waals surface area contributed by atoms with Crippen molar-refractivity contribution in [2.75, 3.05) is 0 Å². The molecule has 0 radical (unpaired) electrons. The van der Waals surface area contributed by atoms with E-state index in [4.69, 9.17) is 11.6 Å². The van der Waals surface area contributed by atoms with Gasteiger partial charge in [-0.15, -0.1) is 0 Å². The Balaban J connectivity index is 2.79. The van der Waals surface area contributed by atoms with Crippen molar-refractivity contribution in [2.45, 2.75) is 6.18 Å². The summed E-state index contributed by atoms with van der Waals surface area (Å²) in [7, 11) is 0. The number of aromatic nitrogens is 1. The number of nitrogens with zero attached hydrogens (tertiary/aromatic N) is 1. The summed E-state index contributed by atoms with van der Waals surface area (Å²) in [5, 5.41) is 0.980. The van der Waals surface area contributed by atoms with E-state index >= 15 is 0 Å². The van der Waals surface area contributed by atoms with Crippen LogP contribution in [0.2, 0.25) is 5.02 Å². The number of fused-ring (bicyclic) bond motifs is 1. The molecule has 2 rings (SSSR count). The fraction of sp³-hybridized carbons (Fsp3) is 0.100. The van der Waals surface area contributed by atoms with Crippen LogP contribution in [0.25, 0.3) is 10.9 Å². The topological polar surface area (TPSA) is 12.9 Å². The molecule has 0 unspecified atom stereocenters. The monoisotopic (exact) mass is 237 g/mol. The predicted octanol–water partition coefficient (Wildman–Crippen LogP) is 2.70. The summed E-state index contributed by atoms with van der Waals surface area (Å²) in [4.78, 5) is 3.56. The summed E-state index contributed by atoms with van der Waals surface area (Å²) in [6.45, 7) is 0. The van der Waals surface area contributed by atoms with Crippen LogP contribution in [0.3, 0.4) is 0 Å². The van der Waals surface area contributed by atoms with Gasteiger partial charge in [0.2, 0.25) is 0 Å². The van der Waals surface area contributed by atoms with Crippen LogP contribution in [0.5, 0.6) is 0 Å². The minimum atomic E-state index is -4.43. The van der Waals surface area contributed by atoms with Gasteiger partial charge in [-0.05, 0) is 0 Å². The van der Waals surface area contributed by atoms with Gasteiger partial charge in [0.1, 0.15) is 0 Å². The fourth-order valence-electron chi connectivity index (χ4n) is 1.58. The summed E-state index contributed by atoms with van der Waals surface area (Å²) in [6.07, 6.45) is -4.43. The summed E-state index contributed by atoms with van der Waals surface area (Å²) >= 11 is 7.50. The van der Waals surface area contributed by atoms with Crippen LogP contribution in [0.15, 0.2) is 24.3 Å². The van der Waals surface area contributed by atoms with Crippen LogP contribution >= 0.6 is 11.6 Å². The zero-order valence-corrected chi connectivity index (χ0v) is 9.02. The zero-order valence-electron chi connectivity index (χ0n) is 8.27. The number of alkyl halides is 3. The molecular weight excluding hydrogens is 234 g/mol. The Labute approximate surface area is 104 Å². The molecule has 1 heterocycles. The molecule has 1 nitrogen and oxygen atoms in total. The normalized spacial score (nSPS) is 12.1. The second kappa shape index (κ2) is 3.96. The van der Waals surface area contributed by atoms with E-state index in [1.165, 1.54) is 6.07 Å². The third-order valence-electron chi connectivity index (χ3n) is 2.27. The molecule has 0 aliphatic carbocycles. The molecule has 78 valence electrons. The van der Waals surface area contributed by atoms with Crippen LogP contribution in [0.4, 0.5) is 13.2 Å². The molecule has 1 aromatic heterocycles. The van der Waals surface area contributed by atoms with Crippen molar-refractivity contribution in [1.29, 1.82) is 0 Å². The predicted molar refractivity (Wildman–Crippen MR) is 57.1 cm³/mol. The van der Waals surface area contributed by atoms with Crippen LogP contribution in [-0.4, -0.2) is 22.7 Å². The molecule has 0 N–H and O–H groups in total. The maximum atomic E-state index is 12.5.